The first kappa shape index (κ1) is 11.9. The van der Waals surface area contributed by atoms with Crippen LogP contribution in [0.25, 0.3) is 0 Å². The Hall–Kier alpha value is 0.817. The molecule has 0 saturated carbocycles. The van der Waals surface area contributed by atoms with Crippen molar-refractivity contribution < 1.29 is 0 Å². The highest BCUT2D eigenvalue weighted by molar-refractivity contribution is 9.11. The molecule has 0 aliphatic carbocycles. The van der Waals surface area contributed by atoms with Crippen molar-refractivity contribution in [1.29, 1.82) is 0 Å². The molecule has 0 spiro atoms. The molecule has 0 saturated heterocycles. The summed E-state index contributed by atoms with van der Waals surface area (Å²) in [4.78, 5) is 0. The molecule has 0 aromatic carbocycles. The van der Waals surface area contributed by atoms with E-state index in [0.717, 1.165) is 3.95 Å². The maximum atomic E-state index is 6.24. The molecule has 0 fully saturated rings. The average Bonchev–Trinajstić information content (AvgIpc) is 2.33. The number of hydrogen-bond acceptors (Lipinski definition) is 1. The monoisotopic (exact) mass is 296 g/mol. The second-order valence-electron chi connectivity index (χ2n) is 3.11. The second kappa shape index (κ2) is 5.64. The fourth-order valence-corrected chi connectivity index (χ4v) is 8.83. The summed E-state index contributed by atoms with van der Waals surface area (Å²) in [7, 11) is -0.513. The van der Waals surface area contributed by atoms with Gasteiger partial charge in [-0.2, -0.15) is 0 Å². The van der Waals surface area contributed by atoms with Crippen LogP contribution in [0.2, 0.25) is 3.95 Å². The van der Waals surface area contributed by atoms with Gasteiger partial charge in [0.25, 0.3) is 0 Å². The van der Waals surface area contributed by atoms with E-state index in [2.05, 4.69) is 29.8 Å². The molecule has 0 atom stereocenters. The van der Waals surface area contributed by atoms with Crippen molar-refractivity contribution in [2.24, 2.45) is 0 Å². The summed E-state index contributed by atoms with van der Waals surface area (Å²) in [6.45, 7) is 4.47. The van der Waals surface area contributed by atoms with Crippen LogP contribution in [-0.4, -0.2) is 8.40 Å². The Kier molecular flexibility index (Phi) is 5.16. The Labute approximate surface area is 99.0 Å². The standard InChI is InChI=1S/C9H14BrClSSi/c1-3-5-7-8(10)12-9(11)13(7)6-4-2/h3-6H2,1-2H3. The van der Waals surface area contributed by atoms with Gasteiger partial charge in [0.05, 0.1) is 16.1 Å². The predicted molar refractivity (Wildman–Crippen MR) is 67.3 cm³/mol. The van der Waals surface area contributed by atoms with E-state index in [9.17, 15) is 0 Å². The van der Waals surface area contributed by atoms with Crippen molar-refractivity contribution in [2.75, 3.05) is 0 Å². The summed E-state index contributed by atoms with van der Waals surface area (Å²) in [6, 6.07) is 1.29. The van der Waals surface area contributed by atoms with E-state index in [0.29, 0.717) is 0 Å². The van der Waals surface area contributed by atoms with Crippen molar-refractivity contribution in [2.45, 2.75) is 39.2 Å². The third kappa shape index (κ3) is 2.88. The number of halogens is 2. The van der Waals surface area contributed by atoms with Crippen LogP contribution in [0, 0.1) is 0 Å². The minimum absolute atomic E-state index is 0.513. The molecule has 0 aliphatic heterocycles. The lowest BCUT2D eigenvalue weighted by atomic mass is 10.3. The van der Waals surface area contributed by atoms with Crippen LogP contribution in [-0.2, 0) is 12.5 Å². The zero-order valence-corrected chi connectivity index (χ0v) is 12.2. The van der Waals surface area contributed by atoms with Gasteiger partial charge >= 0.3 is 0 Å². The van der Waals surface area contributed by atoms with Crippen LogP contribution in [0.15, 0.2) is 3.79 Å². The van der Waals surface area contributed by atoms with E-state index in [1.54, 1.807) is 16.5 Å². The highest BCUT2D eigenvalue weighted by atomic mass is 79.9. The topological polar surface area (TPSA) is 0 Å². The lowest BCUT2D eigenvalue weighted by Gasteiger charge is -2.01. The largest absolute Gasteiger partial charge is 0.122 e. The molecular weight excluding hydrogens is 284 g/mol. The lowest BCUT2D eigenvalue weighted by molar-refractivity contribution is 0.927. The first-order valence-corrected chi connectivity index (χ1v) is 8.35. The summed E-state index contributed by atoms with van der Waals surface area (Å²) >= 11 is 11.6. The van der Waals surface area contributed by atoms with Gasteiger partial charge in [-0.15, -0.1) is 11.3 Å². The van der Waals surface area contributed by atoms with Crippen LogP contribution < -0.4 is 0 Å². The van der Waals surface area contributed by atoms with E-state index < -0.39 is 8.40 Å². The molecule has 0 N–H and O–H groups in total. The van der Waals surface area contributed by atoms with Gasteiger partial charge in [-0.25, -0.2) is 0 Å². The van der Waals surface area contributed by atoms with Crippen LogP contribution in [0.1, 0.15) is 31.9 Å². The van der Waals surface area contributed by atoms with Crippen molar-refractivity contribution in [3.8, 4) is 0 Å². The highest BCUT2D eigenvalue weighted by Crippen LogP contribution is 2.32. The summed E-state index contributed by atoms with van der Waals surface area (Å²) in [5.74, 6) is 0. The van der Waals surface area contributed by atoms with E-state index in [4.69, 9.17) is 11.6 Å². The number of rotatable bonds is 4. The van der Waals surface area contributed by atoms with Gasteiger partial charge in [-0.05, 0) is 33.6 Å². The molecule has 0 bridgehead atoms. The molecular formula is C9H14BrClSSi. The first-order valence-electron chi connectivity index (χ1n) is 4.66. The zero-order valence-electron chi connectivity index (χ0n) is 7.99. The molecule has 0 amide bonds. The van der Waals surface area contributed by atoms with Crippen LogP contribution in [0.5, 0.6) is 0 Å². The van der Waals surface area contributed by atoms with Gasteiger partial charge in [0.2, 0.25) is 0 Å². The Bertz CT molecular complexity index is 259. The normalized spacial score (nSPS) is 10.8. The van der Waals surface area contributed by atoms with Crippen LogP contribution in [0.4, 0.5) is 0 Å². The molecule has 0 unspecified atom stereocenters. The van der Waals surface area contributed by atoms with Crippen LogP contribution in [0.3, 0.4) is 0 Å². The van der Waals surface area contributed by atoms with E-state index in [1.165, 1.54) is 29.1 Å². The third-order valence-electron chi connectivity index (χ3n) is 2.02. The predicted octanol–water partition coefficient (Wildman–Crippen LogP) is 4.55. The maximum absolute atomic E-state index is 6.24. The fourth-order valence-electron chi connectivity index (χ4n) is 1.44. The smallest absolute Gasteiger partial charge is 0.0796 e. The third-order valence-corrected chi connectivity index (χ3v) is 8.80. The molecule has 1 aromatic heterocycles. The van der Waals surface area contributed by atoms with Crippen molar-refractivity contribution in [3.05, 3.63) is 12.9 Å². The lowest BCUT2D eigenvalue weighted by Crippen LogP contribution is -2.04. The van der Waals surface area contributed by atoms with Gasteiger partial charge < -0.3 is 0 Å². The second-order valence-corrected chi connectivity index (χ2v) is 9.29. The molecule has 1 heterocycles. The van der Waals surface area contributed by atoms with Crippen molar-refractivity contribution >= 4 is 47.3 Å². The van der Waals surface area contributed by atoms with Crippen molar-refractivity contribution in [1.82, 2.24) is 0 Å². The molecule has 0 nitrogen and oxygen atoms in total. The minimum atomic E-state index is -0.513. The van der Waals surface area contributed by atoms with Gasteiger partial charge in [0.15, 0.2) is 0 Å². The average molecular weight is 298 g/mol. The highest BCUT2D eigenvalue weighted by Gasteiger charge is 2.14. The minimum Gasteiger partial charge on any atom is -0.122 e. The van der Waals surface area contributed by atoms with E-state index >= 15 is 0 Å². The summed E-state index contributed by atoms with van der Waals surface area (Å²) in [5, 5.41) is 1.62. The Balaban J connectivity index is 2.98. The Morgan fingerprint density at radius 3 is 2.62 bits per heavy atom. The summed E-state index contributed by atoms with van der Waals surface area (Å²) in [5.41, 5.74) is 0. The molecule has 74 valence electrons. The number of hydrogen-bond donors (Lipinski definition) is 0. The van der Waals surface area contributed by atoms with Gasteiger partial charge in [-0.1, -0.05) is 38.3 Å². The quantitative estimate of drug-likeness (QED) is 0.715. The molecule has 13 heavy (non-hydrogen) atoms. The molecule has 0 radical (unpaired) electrons. The summed E-state index contributed by atoms with van der Waals surface area (Å²) in [6.07, 6.45) is 3.70. The molecule has 1 aromatic rings. The SMILES string of the molecule is CCCc1c(Br)sc(Cl)[si]1CCC. The first-order chi connectivity index (χ1) is 6.20. The van der Waals surface area contributed by atoms with Gasteiger partial charge in [-0.3, -0.25) is 0 Å². The maximum Gasteiger partial charge on any atom is 0.0796 e. The molecule has 0 aliphatic rings. The van der Waals surface area contributed by atoms with Gasteiger partial charge in [0, 0.05) is 0 Å². The zero-order chi connectivity index (χ0) is 9.84. The van der Waals surface area contributed by atoms with E-state index in [1.807, 2.05) is 0 Å². The Morgan fingerprint density at radius 2 is 2.08 bits per heavy atom. The Morgan fingerprint density at radius 1 is 1.38 bits per heavy atom. The molecule has 4 heteroatoms. The van der Waals surface area contributed by atoms with E-state index in [-0.39, 0.29) is 0 Å². The van der Waals surface area contributed by atoms with Crippen LogP contribution >= 0.6 is 38.9 Å². The van der Waals surface area contributed by atoms with Gasteiger partial charge in [0.1, 0.15) is 0 Å². The fraction of sp³-hybridized carbons (Fsp3) is 0.667. The van der Waals surface area contributed by atoms with Crippen molar-refractivity contribution in [3.63, 3.8) is 0 Å². The molecule has 1 rings (SSSR count). The summed E-state index contributed by atoms with van der Waals surface area (Å²) < 4.78 is 2.46.